The maximum atomic E-state index is 13.9. The Kier molecular flexibility index (Phi) is 9.53. The van der Waals surface area contributed by atoms with E-state index in [1.807, 2.05) is 19.2 Å². The number of nitrogens with zero attached hydrogens (tertiary/aromatic N) is 4. The number of halogens is 1. The van der Waals surface area contributed by atoms with Crippen LogP contribution in [0.5, 0.6) is 0 Å². The number of pyridine rings is 1. The number of nitrogens with one attached hydrogen (secondary N) is 3. The number of urea groups is 1. The molecule has 2 amide bonds. The maximum Gasteiger partial charge on any atom is 0.315 e. The first-order valence-electron chi connectivity index (χ1n) is 13.9. The van der Waals surface area contributed by atoms with Crippen molar-refractivity contribution in [2.45, 2.75) is 44.7 Å². The van der Waals surface area contributed by atoms with Gasteiger partial charge in [0.15, 0.2) is 5.82 Å². The predicted octanol–water partition coefficient (Wildman–Crippen LogP) is 3.97. The molecule has 0 bridgehead atoms. The molecule has 3 N–H and O–H groups in total. The van der Waals surface area contributed by atoms with E-state index in [0.29, 0.717) is 68.6 Å². The molecule has 0 saturated heterocycles. The molecule has 2 atom stereocenters. The first-order chi connectivity index (χ1) is 19.6. The van der Waals surface area contributed by atoms with Crippen molar-refractivity contribution >= 4 is 28.1 Å². The number of carbonyl (C=O) groups is 1. The lowest BCUT2D eigenvalue weighted by atomic mass is 9.91. The average Bonchev–Trinajstić information content (AvgIpc) is 3.58. The maximum absolute atomic E-state index is 13.9. The van der Waals surface area contributed by atoms with Crippen molar-refractivity contribution in [2.75, 3.05) is 46.2 Å². The lowest BCUT2D eigenvalue weighted by Crippen LogP contribution is -2.45. The zero-order valence-corrected chi connectivity index (χ0v) is 22.7. The Balaban J connectivity index is 1.13. The highest BCUT2D eigenvalue weighted by atomic mass is 19.1. The van der Waals surface area contributed by atoms with E-state index in [-0.39, 0.29) is 18.1 Å². The van der Waals surface area contributed by atoms with Crippen molar-refractivity contribution in [1.29, 1.82) is 0 Å². The number of hydrogen-bond donors (Lipinski definition) is 3. The number of rotatable bonds is 13. The number of aromatic nitrogens is 5. The smallest absolute Gasteiger partial charge is 0.315 e. The third-order valence-electron chi connectivity index (χ3n) is 7.05. The van der Waals surface area contributed by atoms with Crippen LogP contribution in [0.3, 0.4) is 0 Å². The molecule has 1 fully saturated rings. The van der Waals surface area contributed by atoms with Crippen LogP contribution >= 0.6 is 0 Å². The summed E-state index contributed by atoms with van der Waals surface area (Å²) in [5.74, 6) is 0.101. The van der Waals surface area contributed by atoms with Crippen molar-refractivity contribution in [3.8, 4) is 11.4 Å². The zero-order chi connectivity index (χ0) is 27.7. The number of amides is 2. The molecule has 4 aromatic heterocycles. The molecular weight excluding hydrogens is 517 g/mol. The molecule has 0 aromatic carbocycles. The van der Waals surface area contributed by atoms with Gasteiger partial charge in [-0.05, 0) is 44.7 Å². The number of hydrogen-bond acceptors (Lipinski definition) is 7. The Morgan fingerprint density at radius 3 is 2.80 bits per heavy atom. The summed E-state index contributed by atoms with van der Waals surface area (Å²) in [7, 11) is 0. The second-order valence-corrected chi connectivity index (χ2v) is 9.79. The van der Waals surface area contributed by atoms with Gasteiger partial charge in [0.2, 0.25) is 0 Å². The largest absolute Gasteiger partial charge is 0.379 e. The molecule has 4 heterocycles. The monoisotopic (exact) mass is 553 g/mol. The van der Waals surface area contributed by atoms with Gasteiger partial charge in [0.1, 0.15) is 17.1 Å². The molecule has 12 heteroatoms. The fourth-order valence-electron chi connectivity index (χ4n) is 5.13. The highest BCUT2D eigenvalue weighted by Gasteiger charge is 2.26. The first kappa shape index (κ1) is 27.9. The topological polar surface area (TPSA) is 128 Å². The number of carbonyl (C=O) groups excluding carboxylic acids is 1. The van der Waals surface area contributed by atoms with Gasteiger partial charge in [0.05, 0.1) is 39.2 Å². The molecular formula is C28H36FN7O4. The molecule has 214 valence electrons. The van der Waals surface area contributed by atoms with E-state index in [1.165, 1.54) is 12.3 Å². The molecule has 1 aliphatic rings. The van der Waals surface area contributed by atoms with Gasteiger partial charge < -0.3 is 34.4 Å². The van der Waals surface area contributed by atoms with Crippen LogP contribution in [0, 0.1) is 5.82 Å². The summed E-state index contributed by atoms with van der Waals surface area (Å²) >= 11 is 0. The fraction of sp³-hybridized carbons (Fsp3) is 0.500. The van der Waals surface area contributed by atoms with Crippen LogP contribution < -0.4 is 10.6 Å². The van der Waals surface area contributed by atoms with Crippen molar-refractivity contribution in [1.82, 2.24) is 35.1 Å². The third kappa shape index (κ3) is 6.93. The van der Waals surface area contributed by atoms with Crippen LogP contribution in [0.1, 0.15) is 38.6 Å². The van der Waals surface area contributed by atoms with E-state index < -0.39 is 5.82 Å². The number of ether oxygens (including phenoxy) is 3. The minimum atomic E-state index is -0.409. The predicted molar refractivity (Wildman–Crippen MR) is 149 cm³/mol. The summed E-state index contributed by atoms with van der Waals surface area (Å²) in [5, 5.41) is 7.55. The molecule has 0 aliphatic heterocycles. The summed E-state index contributed by atoms with van der Waals surface area (Å²) in [5.41, 5.74) is 2.11. The number of fused-ring (bicyclic) bond motifs is 2. The van der Waals surface area contributed by atoms with E-state index in [1.54, 1.807) is 12.4 Å². The quantitative estimate of drug-likeness (QED) is 0.214. The lowest BCUT2D eigenvalue weighted by Gasteiger charge is -2.31. The van der Waals surface area contributed by atoms with E-state index in [0.717, 1.165) is 36.7 Å². The van der Waals surface area contributed by atoms with Gasteiger partial charge in [-0.3, -0.25) is 0 Å². The second-order valence-electron chi connectivity index (χ2n) is 9.79. The Bertz CT molecular complexity index is 1410. The van der Waals surface area contributed by atoms with Crippen LogP contribution in [0.2, 0.25) is 0 Å². The Labute approximate surface area is 231 Å². The van der Waals surface area contributed by atoms with Gasteiger partial charge in [-0.25, -0.2) is 24.1 Å². The van der Waals surface area contributed by atoms with Crippen LogP contribution in [0.15, 0.2) is 36.9 Å². The molecule has 5 rings (SSSR count). The van der Waals surface area contributed by atoms with Crippen molar-refractivity contribution in [2.24, 2.45) is 0 Å². The Morgan fingerprint density at radius 1 is 1.12 bits per heavy atom. The molecule has 1 saturated carbocycles. The van der Waals surface area contributed by atoms with E-state index >= 15 is 0 Å². The third-order valence-corrected chi connectivity index (χ3v) is 7.05. The molecule has 0 spiro atoms. The van der Waals surface area contributed by atoms with Crippen molar-refractivity contribution in [3.63, 3.8) is 0 Å². The second kappa shape index (κ2) is 13.6. The van der Waals surface area contributed by atoms with Crippen molar-refractivity contribution < 1.29 is 23.4 Å². The van der Waals surface area contributed by atoms with Gasteiger partial charge in [-0.15, -0.1) is 0 Å². The number of aromatic amines is 1. The van der Waals surface area contributed by atoms with Gasteiger partial charge in [0, 0.05) is 60.2 Å². The van der Waals surface area contributed by atoms with E-state index in [9.17, 15) is 9.18 Å². The summed E-state index contributed by atoms with van der Waals surface area (Å²) in [4.78, 5) is 29.0. The summed E-state index contributed by atoms with van der Waals surface area (Å²) in [6.45, 7) is 5.59. The lowest BCUT2D eigenvalue weighted by molar-refractivity contribution is 0.0178. The highest BCUT2D eigenvalue weighted by molar-refractivity contribution is 5.92. The SMILES string of the molecule is CCOCCOCCOCCNC(=O)N[C@H]1CCC[C@@H](n2ccc3cnc(-c4c[nH]c5ncc(F)cc45)nc32)C1. The van der Waals surface area contributed by atoms with Crippen LogP contribution in [0.25, 0.3) is 33.5 Å². The molecule has 11 nitrogen and oxygen atoms in total. The Morgan fingerprint density at radius 2 is 1.95 bits per heavy atom. The standard InChI is InChI=1S/C28H36FN7O4/c1-2-38-10-11-40-13-12-39-9-7-30-28(37)34-21-4-3-5-22(15-21)36-8-6-19-16-31-26(35-27(19)36)24-18-33-25-23(24)14-20(29)17-32-25/h6,8,14,16-18,21-22H,2-5,7,9-13,15H2,1H3,(H,32,33)(H2,30,34,37)/t21-,22+/m0/s1. The Hall–Kier alpha value is -3.61. The molecule has 40 heavy (non-hydrogen) atoms. The van der Waals surface area contributed by atoms with E-state index in [4.69, 9.17) is 19.2 Å². The average molecular weight is 554 g/mol. The summed E-state index contributed by atoms with van der Waals surface area (Å²) in [6.07, 6.45) is 10.5. The first-order valence-corrected chi connectivity index (χ1v) is 13.9. The van der Waals surface area contributed by atoms with Crippen LogP contribution in [-0.2, 0) is 14.2 Å². The molecule has 1 aliphatic carbocycles. The normalized spacial score (nSPS) is 17.4. The minimum Gasteiger partial charge on any atom is -0.379 e. The van der Waals surface area contributed by atoms with Crippen molar-refractivity contribution in [3.05, 3.63) is 42.7 Å². The van der Waals surface area contributed by atoms with Gasteiger partial charge in [-0.1, -0.05) is 0 Å². The summed E-state index contributed by atoms with van der Waals surface area (Å²) in [6, 6.07) is 3.50. The van der Waals surface area contributed by atoms with Gasteiger partial charge >= 0.3 is 6.03 Å². The fourth-order valence-corrected chi connectivity index (χ4v) is 5.13. The zero-order valence-electron chi connectivity index (χ0n) is 22.7. The number of H-pyrrole nitrogens is 1. The van der Waals surface area contributed by atoms with E-state index in [2.05, 4.69) is 30.2 Å². The molecule has 0 radical (unpaired) electrons. The van der Waals surface area contributed by atoms with Crippen LogP contribution in [-0.4, -0.2) is 82.8 Å². The summed E-state index contributed by atoms with van der Waals surface area (Å²) < 4.78 is 32.1. The van der Waals surface area contributed by atoms with Gasteiger partial charge in [-0.2, -0.15) is 0 Å². The van der Waals surface area contributed by atoms with Crippen LogP contribution in [0.4, 0.5) is 9.18 Å². The van der Waals surface area contributed by atoms with Gasteiger partial charge in [0.25, 0.3) is 0 Å². The molecule has 4 aromatic rings. The molecule has 0 unspecified atom stereocenters. The minimum absolute atomic E-state index is 0.0554. The highest BCUT2D eigenvalue weighted by Crippen LogP contribution is 2.33.